The molecular weight excluding hydrogens is 231 g/mol. The molecule has 0 heterocycles. The summed E-state index contributed by atoms with van der Waals surface area (Å²) in [7, 11) is 0. The van der Waals surface area contributed by atoms with E-state index in [-0.39, 0.29) is 5.82 Å². The van der Waals surface area contributed by atoms with Gasteiger partial charge in [0.25, 0.3) is 0 Å². The van der Waals surface area contributed by atoms with Crippen LogP contribution in [-0.4, -0.2) is 5.33 Å². The molecule has 0 nitrogen and oxygen atoms in total. The zero-order valence-electron chi connectivity index (χ0n) is 7.40. The van der Waals surface area contributed by atoms with Crippen molar-refractivity contribution >= 4 is 15.9 Å². The van der Waals surface area contributed by atoms with Crippen LogP contribution in [0.5, 0.6) is 0 Å². The van der Waals surface area contributed by atoms with E-state index in [0.29, 0.717) is 0 Å². The van der Waals surface area contributed by atoms with Crippen molar-refractivity contribution in [3.8, 4) is 11.8 Å². The highest BCUT2D eigenvalue weighted by molar-refractivity contribution is 9.09. The first-order valence-electron chi connectivity index (χ1n) is 4.04. The topological polar surface area (TPSA) is 0 Å². The van der Waals surface area contributed by atoms with Gasteiger partial charge >= 0.3 is 0 Å². The molecule has 13 heavy (non-hydrogen) atoms. The van der Waals surface area contributed by atoms with Crippen LogP contribution in [0.2, 0.25) is 0 Å². The Balaban J connectivity index is 2.85. The summed E-state index contributed by atoms with van der Waals surface area (Å²) in [5.74, 6) is 5.63. The van der Waals surface area contributed by atoms with E-state index < -0.39 is 0 Å². The van der Waals surface area contributed by atoms with Gasteiger partial charge in [-0.2, -0.15) is 0 Å². The lowest BCUT2D eigenvalue weighted by Crippen LogP contribution is -1.81. The number of aryl methyl sites for hydroxylation is 1. The normalized spacial score (nSPS) is 9.15. The molecule has 0 fully saturated rings. The highest BCUT2D eigenvalue weighted by atomic mass is 79.9. The summed E-state index contributed by atoms with van der Waals surface area (Å²) in [6, 6.07) is 4.83. The molecule has 0 atom stereocenters. The molecule has 0 N–H and O–H groups in total. The summed E-state index contributed by atoms with van der Waals surface area (Å²) in [4.78, 5) is 0. The number of halogens is 2. The Hall–Kier alpha value is -0.810. The predicted octanol–water partition coefficient (Wildman–Crippen LogP) is 3.27. The Labute approximate surface area is 86.3 Å². The van der Waals surface area contributed by atoms with Gasteiger partial charge in [0.1, 0.15) is 5.82 Å². The third kappa shape index (κ3) is 3.61. The maximum atomic E-state index is 12.9. The van der Waals surface area contributed by atoms with Crippen LogP contribution in [0.15, 0.2) is 18.2 Å². The van der Waals surface area contributed by atoms with E-state index in [2.05, 4.69) is 27.8 Å². The first-order chi connectivity index (χ1) is 6.22. The van der Waals surface area contributed by atoms with Gasteiger partial charge in [-0.15, -0.1) is 0 Å². The fourth-order valence-corrected chi connectivity index (χ4v) is 1.22. The van der Waals surface area contributed by atoms with Crippen molar-refractivity contribution < 1.29 is 4.39 Å². The monoisotopic (exact) mass is 240 g/mol. The zero-order valence-corrected chi connectivity index (χ0v) is 8.99. The summed E-state index contributed by atoms with van der Waals surface area (Å²) < 4.78 is 12.9. The fraction of sp³-hybridized carbons (Fsp3) is 0.273. The minimum absolute atomic E-state index is 0.219. The van der Waals surface area contributed by atoms with E-state index >= 15 is 0 Å². The van der Waals surface area contributed by atoms with Gasteiger partial charge in [0.15, 0.2) is 0 Å². The first-order valence-corrected chi connectivity index (χ1v) is 5.16. The van der Waals surface area contributed by atoms with Crippen LogP contribution in [0.4, 0.5) is 4.39 Å². The Morgan fingerprint density at radius 1 is 1.38 bits per heavy atom. The van der Waals surface area contributed by atoms with Gasteiger partial charge < -0.3 is 0 Å². The Kier molecular flexibility index (Phi) is 3.98. The van der Waals surface area contributed by atoms with Crippen LogP contribution in [0.25, 0.3) is 0 Å². The maximum absolute atomic E-state index is 12.9. The molecule has 1 aromatic rings. The quantitative estimate of drug-likeness (QED) is 0.523. The van der Waals surface area contributed by atoms with Crippen LogP contribution in [0.3, 0.4) is 0 Å². The molecule has 0 saturated heterocycles. The van der Waals surface area contributed by atoms with E-state index in [1.807, 2.05) is 13.0 Å². The molecule has 0 unspecified atom stereocenters. The van der Waals surface area contributed by atoms with Gasteiger partial charge in [-0.1, -0.05) is 27.8 Å². The van der Waals surface area contributed by atoms with E-state index in [1.54, 1.807) is 0 Å². The van der Waals surface area contributed by atoms with Crippen LogP contribution < -0.4 is 0 Å². The van der Waals surface area contributed by atoms with Crippen LogP contribution in [0.1, 0.15) is 17.5 Å². The largest absolute Gasteiger partial charge is 0.207 e. The van der Waals surface area contributed by atoms with Crippen molar-refractivity contribution in [2.45, 2.75) is 13.3 Å². The summed E-state index contributed by atoms with van der Waals surface area (Å²) in [6.07, 6.45) is 0.787. The summed E-state index contributed by atoms with van der Waals surface area (Å²) >= 11 is 3.28. The van der Waals surface area contributed by atoms with E-state index in [0.717, 1.165) is 22.9 Å². The molecule has 1 aromatic carbocycles. The minimum atomic E-state index is -0.219. The third-order valence-corrected chi connectivity index (χ3v) is 1.89. The average Bonchev–Trinajstić information content (AvgIpc) is 2.03. The molecule has 0 saturated carbocycles. The highest BCUT2D eigenvalue weighted by Gasteiger charge is 1.93. The minimum Gasteiger partial charge on any atom is -0.207 e. The molecule has 0 bridgehead atoms. The molecule has 68 valence electrons. The number of hydrogen-bond donors (Lipinski definition) is 0. The summed E-state index contributed by atoms with van der Waals surface area (Å²) in [6.45, 7) is 1.86. The van der Waals surface area contributed by atoms with Crippen molar-refractivity contribution in [3.63, 3.8) is 0 Å². The van der Waals surface area contributed by atoms with E-state index in [1.165, 1.54) is 12.1 Å². The second-order valence-corrected chi connectivity index (χ2v) is 3.55. The lowest BCUT2D eigenvalue weighted by molar-refractivity contribution is 0.626. The second-order valence-electron chi connectivity index (χ2n) is 2.76. The molecule has 1 rings (SSSR count). The van der Waals surface area contributed by atoms with Gasteiger partial charge in [0.2, 0.25) is 0 Å². The predicted molar refractivity (Wildman–Crippen MR) is 56.4 cm³/mol. The number of rotatable bonds is 1. The van der Waals surface area contributed by atoms with E-state index in [4.69, 9.17) is 0 Å². The van der Waals surface area contributed by atoms with Gasteiger partial charge in [-0.05, 0) is 30.7 Å². The third-order valence-electron chi connectivity index (χ3n) is 1.49. The molecule has 0 radical (unpaired) electrons. The van der Waals surface area contributed by atoms with Crippen molar-refractivity contribution in [1.82, 2.24) is 0 Å². The molecule has 2 heteroatoms. The highest BCUT2D eigenvalue weighted by Crippen LogP contribution is 2.06. The summed E-state index contributed by atoms with van der Waals surface area (Å²) in [5, 5.41) is 0.855. The van der Waals surface area contributed by atoms with Crippen LogP contribution >= 0.6 is 15.9 Å². The molecule has 0 spiro atoms. The second kappa shape index (κ2) is 5.04. The lowest BCUT2D eigenvalue weighted by atomic mass is 10.1. The maximum Gasteiger partial charge on any atom is 0.124 e. The van der Waals surface area contributed by atoms with Gasteiger partial charge in [0.05, 0.1) is 0 Å². The number of hydrogen-bond acceptors (Lipinski definition) is 0. The molecule has 0 aliphatic carbocycles. The SMILES string of the molecule is Cc1cc(F)cc(C#CCCBr)c1. The first kappa shape index (κ1) is 10.3. The Bertz CT molecular complexity index is 327. The lowest BCUT2D eigenvalue weighted by Gasteiger charge is -1.94. The number of benzene rings is 1. The molecule has 0 aliphatic heterocycles. The van der Waals surface area contributed by atoms with E-state index in [9.17, 15) is 4.39 Å². The van der Waals surface area contributed by atoms with Crippen molar-refractivity contribution in [2.24, 2.45) is 0 Å². The van der Waals surface area contributed by atoms with Gasteiger partial charge in [0, 0.05) is 17.3 Å². The average molecular weight is 241 g/mol. The van der Waals surface area contributed by atoms with Gasteiger partial charge in [-0.3, -0.25) is 0 Å². The smallest absolute Gasteiger partial charge is 0.124 e. The van der Waals surface area contributed by atoms with Crippen molar-refractivity contribution in [3.05, 3.63) is 35.1 Å². The molecule has 0 aliphatic rings. The van der Waals surface area contributed by atoms with Crippen molar-refractivity contribution in [2.75, 3.05) is 5.33 Å². The standard InChI is InChI=1S/C11H10BrF/c1-9-6-10(4-2-3-5-12)8-11(13)7-9/h6-8H,3,5H2,1H3. The van der Waals surface area contributed by atoms with Gasteiger partial charge in [-0.25, -0.2) is 4.39 Å². The fourth-order valence-electron chi connectivity index (χ4n) is 1.02. The molecule has 0 amide bonds. The van der Waals surface area contributed by atoms with Crippen LogP contribution in [0, 0.1) is 24.6 Å². The molecular formula is C11H10BrF. The van der Waals surface area contributed by atoms with Crippen molar-refractivity contribution in [1.29, 1.82) is 0 Å². The Morgan fingerprint density at radius 3 is 2.77 bits per heavy atom. The number of alkyl halides is 1. The van der Waals surface area contributed by atoms with Crippen LogP contribution in [-0.2, 0) is 0 Å². The Morgan fingerprint density at radius 2 is 2.15 bits per heavy atom. The zero-order chi connectivity index (χ0) is 9.68. The molecule has 0 aromatic heterocycles. The summed E-state index contributed by atoms with van der Waals surface area (Å²) in [5.41, 5.74) is 1.65.